The minimum atomic E-state index is -0.513. The maximum atomic E-state index is 13.4. The lowest BCUT2D eigenvalue weighted by molar-refractivity contribution is -0.384. The summed E-state index contributed by atoms with van der Waals surface area (Å²) in [6, 6.07) is 18.9. The van der Waals surface area contributed by atoms with Crippen molar-refractivity contribution in [1.82, 2.24) is 4.98 Å². The highest BCUT2D eigenvalue weighted by atomic mass is 35.5. The molecule has 1 amide bonds. The van der Waals surface area contributed by atoms with Crippen LogP contribution in [-0.2, 0) is 6.54 Å². The standard InChI is InChI=1S/C22H16ClN3O3S/c1-14-10-17(23)12-19-20(14)24-22(30-19)25(13-15-6-3-2-4-7-15)21(27)16-8-5-9-18(11-16)26(28)29/h2-12H,13H2,1H3. The van der Waals surface area contributed by atoms with Gasteiger partial charge in [-0.15, -0.1) is 0 Å². The molecule has 0 N–H and O–H groups in total. The van der Waals surface area contributed by atoms with E-state index in [4.69, 9.17) is 11.6 Å². The lowest BCUT2D eigenvalue weighted by Gasteiger charge is -2.20. The van der Waals surface area contributed by atoms with Gasteiger partial charge in [0, 0.05) is 22.7 Å². The molecule has 3 aromatic carbocycles. The van der Waals surface area contributed by atoms with Crippen LogP contribution in [0.2, 0.25) is 5.02 Å². The van der Waals surface area contributed by atoms with Crippen LogP contribution >= 0.6 is 22.9 Å². The van der Waals surface area contributed by atoms with Crippen LogP contribution in [0.3, 0.4) is 0 Å². The van der Waals surface area contributed by atoms with E-state index in [0.717, 1.165) is 21.3 Å². The minimum Gasteiger partial charge on any atom is -0.279 e. The zero-order chi connectivity index (χ0) is 21.3. The third-order valence-electron chi connectivity index (χ3n) is 4.60. The fourth-order valence-electron chi connectivity index (χ4n) is 3.16. The minimum absolute atomic E-state index is 0.132. The van der Waals surface area contributed by atoms with E-state index in [2.05, 4.69) is 4.98 Å². The molecule has 0 fully saturated rings. The van der Waals surface area contributed by atoms with E-state index in [0.29, 0.717) is 10.2 Å². The average molecular weight is 438 g/mol. The number of hydrogen-bond acceptors (Lipinski definition) is 5. The summed E-state index contributed by atoms with van der Waals surface area (Å²) in [4.78, 5) is 30.3. The predicted octanol–water partition coefficient (Wildman–Crippen LogP) is 6.01. The van der Waals surface area contributed by atoms with Gasteiger partial charge in [0.05, 0.1) is 21.7 Å². The van der Waals surface area contributed by atoms with Crippen LogP contribution in [0, 0.1) is 17.0 Å². The van der Waals surface area contributed by atoms with Crippen LogP contribution in [0.15, 0.2) is 66.7 Å². The van der Waals surface area contributed by atoms with Crippen molar-refractivity contribution >= 4 is 49.9 Å². The molecule has 1 aromatic heterocycles. The highest BCUT2D eigenvalue weighted by Gasteiger charge is 2.23. The SMILES string of the molecule is Cc1cc(Cl)cc2sc(N(Cc3ccccc3)C(=O)c3cccc([N+](=O)[O-])c3)nc12. The molecular weight excluding hydrogens is 422 g/mol. The van der Waals surface area contributed by atoms with E-state index in [1.165, 1.54) is 29.5 Å². The Kier molecular flexibility index (Phi) is 5.48. The molecule has 8 heteroatoms. The van der Waals surface area contributed by atoms with Crippen LogP contribution < -0.4 is 4.90 Å². The largest absolute Gasteiger partial charge is 0.279 e. The van der Waals surface area contributed by atoms with Gasteiger partial charge in [0.1, 0.15) is 0 Å². The van der Waals surface area contributed by atoms with Crippen LogP contribution in [0.25, 0.3) is 10.2 Å². The zero-order valence-electron chi connectivity index (χ0n) is 15.9. The molecular formula is C22H16ClN3O3S. The number of thiazole rings is 1. The number of rotatable bonds is 5. The van der Waals surface area contributed by atoms with Gasteiger partial charge < -0.3 is 0 Å². The van der Waals surface area contributed by atoms with Gasteiger partial charge in [-0.3, -0.25) is 19.8 Å². The molecule has 0 spiro atoms. The summed E-state index contributed by atoms with van der Waals surface area (Å²) >= 11 is 7.54. The molecule has 0 unspecified atom stereocenters. The number of benzene rings is 3. The fraction of sp³-hybridized carbons (Fsp3) is 0.0909. The molecule has 4 aromatic rings. The molecule has 150 valence electrons. The Morgan fingerprint density at radius 3 is 2.63 bits per heavy atom. The fourth-order valence-corrected chi connectivity index (χ4v) is 4.58. The van der Waals surface area contributed by atoms with Crippen molar-refractivity contribution in [1.29, 1.82) is 0 Å². The van der Waals surface area contributed by atoms with E-state index in [9.17, 15) is 14.9 Å². The van der Waals surface area contributed by atoms with Crippen LogP contribution in [-0.4, -0.2) is 15.8 Å². The van der Waals surface area contributed by atoms with Crippen molar-refractivity contribution in [2.45, 2.75) is 13.5 Å². The molecule has 0 saturated heterocycles. The van der Waals surface area contributed by atoms with Crippen molar-refractivity contribution < 1.29 is 9.72 Å². The molecule has 0 bridgehead atoms. The number of halogens is 1. The Bertz CT molecular complexity index is 1260. The first-order chi connectivity index (χ1) is 14.4. The van der Waals surface area contributed by atoms with Crippen LogP contribution in [0.1, 0.15) is 21.5 Å². The van der Waals surface area contributed by atoms with Gasteiger partial charge in [0.25, 0.3) is 11.6 Å². The Labute approximate surface area is 181 Å². The number of fused-ring (bicyclic) bond motifs is 1. The Morgan fingerprint density at radius 1 is 1.13 bits per heavy atom. The third kappa shape index (κ3) is 4.03. The molecule has 0 atom stereocenters. The van der Waals surface area contributed by atoms with Gasteiger partial charge in [-0.2, -0.15) is 0 Å². The van der Waals surface area contributed by atoms with Crippen LogP contribution in [0.4, 0.5) is 10.8 Å². The molecule has 30 heavy (non-hydrogen) atoms. The van der Waals surface area contributed by atoms with E-state index in [1.807, 2.05) is 49.4 Å². The maximum absolute atomic E-state index is 13.4. The van der Waals surface area contributed by atoms with E-state index in [1.54, 1.807) is 11.0 Å². The van der Waals surface area contributed by atoms with Gasteiger partial charge in [0.2, 0.25) is 0 Å². The Balaban J connectivity index is 1.80. The topological polar surface area (TPSA) is 76.3 Å². The highest BCUT2D eigenvalue weighted by Crippen LogP contribution is 2.34. The second-order valence-electron chi connectivity index (χ2n) is 6.75. The number of anilines is 1. The van der Waals surface area contributed by atoms with Crippen molar-refractivity contribution in [3.05, 3.63) is 98.6 Å². The van der Waals surface area contributed by atoms with Crippen molar-refractivity contribution in [3.8, 4) is 0 Å². The van der Waals surface area contributed by atoms with Gasteiger partial charge in [-0.05, 0) is 36.2 Å². The lowest BCUT2D eigenvalue weighted by Crippen LogP contribution is -2.30. The summed E-state index contributed by atoms with van der Waals surface area (Å²) in [6.07, 6.45) is 0. The van der Waals surface area contributed by atoms with E-state index >= 15 is 0 Å². The number of nitro groups is 1. The number of aromatic nitrogens is 1. The number of amides is 1. The average Bonchev–Trinajstić information content (AvgIpc) is 3.16. The second kappa shape index (κ2) is 8.22. The first kappa shape index (κ1) is 20.0. The molecule has 4 rings (SSSR count). The molecule has 0 aliphatic heterocycles. The lowest BCUT2D eigenvalue weighted by atomic mass is 10.1. The second-order valence-corrected chi connectivity index (χ2v) is 8.20. The van der Waals surface area contributed by atoms with Gasteiger partial charge >= 0.3 is 0 Å². The van der Waals surface area contributed by atoms with Gasteiger partial charge in [0.15, 0.2) is 5.13 Å². The number of carbonyl (C=O) groups is 1. The van der Waals surface area contributed by atoms with Gasteiger partial charge in [-0.25, -0.2) is 4.98 Å². The summed E-state index contributed by atoms with van der Waals surface area (Å²) in [5.74, 6) is -0.356. The summed E-state index contributed by atoms with van der Waals surface area (Å²) in [7, 11) is 0. The molecule has 6 nitrogen and oxygen atoms in total. The Morgan fingerprint density at radius 2 is 1.90 bits per heavy atom. The molecule has 0 radical (unpaired) electrons. The number of carbonyl (C=O) groups excluding carboxylic acids is 1. The number of non-ortho nitro benzene ring substituents is 1. The third-order valence-corrected chi connectivity index (χ3v) is 5.85. The molecule has 0 saturated carbocycles. The van der Waals surface area contributed by atoms with Crippen molar-refractivity contribution in [3.63, 3.8) is 0 Å². The first-order valence-electron chi connectivity index (χ1n) is 9.09. The zero-order valence-corrected chi connectivity index (χ0v) is 17.5. The number of hydrogen-bond donors (Lipinski definition) is 0. The maximum Gasteiger partial charge on any atom is 0.270 e. The predicted molar refractivity (Wildman–Crippen MR) is 119 cm³/mol. The summed E-state index contributed by atoms with van der Waals surface area (Å²) < 4.78 is 0.875. The van der Waals surface area contributed by atoms with Crippen molar-refractivity contribution in [2.75, 3.05) is 4.90 Å². The summed E-state index contributed by atoms with van der Waals surface area (Å²) in [5, 5.41) is 12.3. The first-order valence-corrected chi connectivity index (χ1v) is 10.3. The highest BCUT2D eigenvalue weighted by molar-refractivity contribution is 7.22. The normalized spacial score (nSPS) is 10.9. The molecule has 0 aliphatic carbocycles. The smallest absolute Gasteiger partial charge is 0.270 e. The number of nitrogens with zero attached hydrogens (tertiary/aromatic N) is 3. The number of aryl methyl sites for hydroxylation is 1. The van der Waals surface area contributed by atoms with Crippen LogP contribution in [0.5, 0.6) is 0 Å². The summed E-state index contributed by atoms with van der Waals surface area (Å²) in [5.41, 5.74) is 2.72. The van der Waals surface area contributed by atoms with Crippen molar-refractivity contribution in [2.24, 2.45) is 0 Å². The van der Waals surface area contributed by atoms with Gasteiger partial charge in [-0.1, -0.05) is 59.3 Å². The molecule has 0 aliphatic rings. The van der Waals surface area contributed by atoms with E-state index < -0.39 is 4.92 Å². The quantitative estimate of drug-likeness (QED) is 0.283. The van der Waals surface area contributed by atoms with E-state index in [-0.39, 0.29) is 23.7 Å². The monoisotopic (exact) mass is 437 g/mol. The molecule has 1 heterocycles. The number of nitro benzene ring substituents is 1. The summed E-state index contributed by atoms with van der Waals surface area (Å²) in [6.45, 7) is 2.20. The Hall–Kier alpha value is -3.29.